The Morgan fingerprint density at radius 3 is 1.67 bits per heavy atom. The second-order valence-electron chi connectivity index (χ2n) is 16.4. The van der Waals surface area contributed by atoms with Crippen molar-refractivity contribution in [1.29, 1.82) is 0 Å². The third kappa shape index (κ3) is 4.23. The van der Waals surface area contributed by atoms with Crippen molar-refractivity contribution >= 4 is 28.9 Å². The lowest BCUT2D eigenvalue weighted by atomic mass is 9.59. The Hall–Kier alpha value is -2.83. The van der Waals surface area contributed by atoms with E-state index in [4.69, 9.17) is 4.74 Å². The Morgan fingerprint density at radius 1 is 0.721 bits per heavy atom. The van der Waals surface area contributed by atoms with Crippen LogP contribution in [0.1, 0.15) is 96.9 Å². The number of hydrogen-bond acceptors (Lipinski definition) is 7. The largest absolute Gasteiger partial charge is 0.512 e. The van der Waals surface area contributed by atoms with Gasteiger partial charge in [-0.15, -0.1) is 0 Å². The van der Waals surface area contributed by atoms with Gasteiger partial charge in [-0.2, -0.15) is 0 Å². The van der Waals surface area contributed by atoms with Crippen LogP contribution in [-0.2, 0) is 28.7 Å². The van der Waals surface area contributed by atoms with Crippen LogP contribution in [0.2, 0.25) is 0 Å². The van der Waals surface area contributed by atoms with E-state index >= 15 is 0 Å². The molecule has 1 saturated carbocycles. The monoisotopic (exact) mass is 594 g/mol. The van der Waals surface area contributed by atoms with Crippen molar-refractivity contribution in [3.63, 3.8) is 0 Å². The molecule has 7 heteroatoms. The van der Waals surface area contributed by atoms with Gasteiger partial charge in [0.1, 0.15) is 23.1 Å². The molecule has 7 nitrogen and oxygen atoms in total. The first-order valence-electron chi connectivity index (χ1n) is 15.7. The molecule has 0 aromatic carbocycles. The van der Waals surface area contributed by atoms with Gasteiger partial charge >= 0.3 is 0 Å². The predicted molar refractivity (Wildman–Crippen MR) is 163 cm³/mol. The van der Waals surface area contributed by atoms with Gasteiger partial charge in [0, 0.05) is 39.9 Å². The Morgan fingerprint density at radius 2 is 1.26 bits per heavy atom. The molecular weight excluding hydrogens is 544 g/mol. The fourth-order valence-electron chi connectivity index (χ4n) is 8.59. The molecule has 4 atom stereocenters. The van der Waals surface area contributed by atoms with E-state index in [1.54, 1.807) is 55.4 Å². The van der Waals surface area contributed by atoms with E-state index in [2.05, 4.69) is 0 Å². The number of rotatable bonds is 5. The molecule has 236 valence electrons. The zero-order valence-corrected chi connectivity index (χ0v) is 28.4. The molecule has 43 heavy (non-hydrogen) atoms. The van der Waals surface area contributed by atoms with Crippen LogP contribution in [0.25, 0.3) is 0 Å². The van der Waals surface area contributed by atoms with Crippen molar-refractivity contribution in [3.8, 4) is 0 Å². The molecule has 4 unspecified atom stereocenters. The summed E-state index contributed by atoms with van der Waals surface area (Å²) in [5, 5.41) is 11.7. The average molecular weight is 595 g/mol. The van der Waals surface area contributed by atoms with E-state index in [0.717, 1.165) is 0 Å². The molecule has 3 aliphatic carbocycles. The summed E-state index contributed by atoms with van der Waals surface area (Å²) >= 11 is 0. The third-order valence-electron chi connectivity index (χ3n) is 10.8. The summed E-state index contributed by atoms with van der Waals surface area (Å²) in [5.41, 5.74) is -3.74. The highest BCUT2D eigenvalue weighted by Crippen LogP contribution is 2.61. The first kappa shape index (κ1) is 33.1. The van der Waals surface area contributed by atoms with Crippen LogP contribution in [0.5, 0.6) is 0 Å². The molecule has 0 saturated heterocycles. The summed E-state index contributed by atoms with van der Waals surface area (Å²) in [6, 6.07) is 0. The number of hydrogen-bond donors (Lipinski definition) is 1. The molecule has 1 aliphatic heterocycles. The van der Waals surface area contributed by atoms with Gasteiger partial charge in [-0.3, -0.25) is 24.0 Å². The van der Waals surface area contributed by atoms with Crippen LogP contribution >= 0.6 is 0 Å². The molecule has 4 aliphatic rings. The van der Waals surface area contributed by atoms with E-state index in [1.807, 2.05) is 41.5 Å². The molecule has 4 rings (SSSR count). The SMILES string of the molecule is CC(C)C(O)=C1C2=C(C(=O)C1C(C(C)C)C1C(=O)C(C)(C)C(=O)C1(C)C)C(C(C)C)C1=C(O2)C(C)(C)C(=O)C(C)(C)C1=O. The summed E-state index contributed by atoms with van der Waals surface area (Å²) in [4.78, 5) is 70.3. The van der Waals surface area contributed by atoms with Crippen LogP contribution in [0.15, 0.2) is 34.0 Å². The summed E-state index contributed by atoms with van der Waals surface area (Å²) in [6.07, 6.45) is 0. The Balaban J connectivity index is 2.04. The molecule has 1 heterocycles. The van der Waals surface area contributed by atoms with Crippen LogP contribution in [-0.4, -0.2) is 34.0 Å². The molecule has 0 bridgehead atoms. The smallest absolute Gasteiger partial charge is 0.175 e. The normalized spacial score (nSPS) is 31.3. The number of aliphatic hydroxyl groups is 1. The standard InChI is InChI=1S/C36H50O7/c1-15(2)18-21-26(38)20(19(16(3)4)24-29(40)35(11,12)31(41)33(24,7)8)22(25(37)17(5)6)27(21)43-30-23(18)28(39)34(9,10)32(42)36(30,13)14/h15-20,24,37H,1-14H3. The second kappa shape index (κ2) is 9.84. The highest BCUT2D eigenvalue weighted by molar-refractivity contribution is 6.21. The van der Waals surface area contributed by atoms with E-state index in [1.165, 1.54) is 0 Å². The molecule has 1 fully saturated rings. The summed E-state index contributed by atoms with van der Waals surface area (Å²) in [5.74, 6) is -4.73. The van der Waals surface area contributed by atoms with Crippen LogP contribution < -0.4 is 0 Å². The van der Waals surface area contributed by atoms with Gasteiger partial charge in [-0.05, 0) is 59.3 Å². The first-order valence-corrected chi connectivity index (χ1v) is 15.7. The Kier molecular flexibility index (Phi) is 7.56. The van der Waals surface area contributed by atoms with Crippen molar-refractivity contribution in [2.24, 2.45) is 63.1 Å². The van der Waals surface area contributed by atoms with Gasteiger partial charge < -0.3 is 9.84 Å². The Bertz CT molecular complexity index is 1440. The van der Waals surface area contributed by atoms with E-state index in [0.29, 0.717) is 16.7 Å². The topological polar surface area (TPSA) is 115 Å². The maximum Gasteiger partial charge on any atom is 0.175 e. The van der Waals surface area contributed by atoms with Crippen molar-refractivity contribution in [1.82, 2.24) is 0 Å². The fourth-order valence-corrected chi connectivity index (χ4v) is 8.59. The zero-order chi connectivity index (χ0) is 33.1. The highest BCUT2D eigenvalue weighted by atomic mass is 16.5. The van der Waals surface area contributed by atoms with Gasteiger partial charge in [-0.1, -0.05) is 55.4 Å². The summed E-state index contributed by atoms with van der Waals surface area (Å²) in [6.45, 7) is 25.0. The number of ketones is 5. The molecular formula is C36H50O7. The van der Waals surface area contributed by atoms with E-state index < -0.39 is 45.3 Å². The lowest BCUT2D eigenvalue weighted by Gasteiger charge is -2.45. The average Bonchev–Trinajstić information content (AvgIpc) is 3.23. The van der Waals surface area contributed by atoms with Crippen LogP contribution in [0.3, 0.4) is 0 Å². The van der Waals surface area contributed by atoms with Gasteiger partial charge in [-0.25, -0.2) is 0 Å². The molecule has 0 radical (unpaired) electrons. The van der Waals surface area contributed by atoms with Crippen LogP contribution in [0, 0.1) is 63.1 Å². The third-order valence-corrected chi connectivity index (χ3v) is 10.8. The van der Waals surface area contributed by atoms with Gasteiger partial charge in [0.05, 0.1) is 22.2 Å². The number of carbonyl (C=O) groups is 5. The van der Waals surface area contributed by atoms with Gasteiger partial charge in [0.15, 0.2) is 23.1 Å². The van der Waals surface area contributed by atoms with Crippen molar-refractivity contribution in [2.45, 2.75) is 96.9 Å². The molecule has 1 N–H and O–H groups in total. The minimum atomic E-state index is -1.30. The molecule has 0 amide bonds. The van der Waals surface area contributed by atoms with Crippen molar-refractivity contribution in [2.75, 3.05) is 0 Å². The van der Waals surface area contributed by atoms with Gasteiger partial charge in [0.25, 0.3) is 0 Å². The number of ether oxygens (including phenoxy) is 1. The quantitative estimate of drug-likeness (QED) is 0.276. The maximum absolute atomic E-state index is 14.9. The summed E-state index contributed by atoms with van der Waals surface area (Å²) in [7, 11) is 0. The Labute approximate surface area is 256 Å². The minimum Gasteiger partial charge on any atom is -0.512 e. The lowest BCUT2D eigenvalue weighted by Crippen LogP contribution is -2.52. The second-order valence-corrected chi connectivity index (χ2v) is 16.4. The number of allylic oxidation sites excluding steroid dienone is 5. The number of aliphatic hydroxyl groups excluding tert-OH is 1. The van der Waals surface area contributed by atoms with Crippen molar-refractivity contribution in [3.05, 3.63) is 34.0 Å². The molecule has 0 spiro atoms. The molecule has 0 aromatic rings. The highest BCUT2D eigenvalue weighted by Gasteiger charge is 2.66. The fraction of sp³-hybridized carbons (Fsp3) is 0.694. The minimum absolute atomic E-state index is 0.0269. The maximum atomic E-state index is 14.9. The number of Topliss-reactive ketones (excluding diaryl/α,β-unsaturated/α-hetero) is 5. The van der Waals surface area contributed by atoms with E-state index in [9.17, 15) is 29.1 Å². The lowest BCUT2D eigenvalue weighted by molar-refractivity contribution is -0.145. The van der Waals surface area contributed by atoms with Crippen LogP contribution in [0.4, 0.5) is 0 Å². The zero-order valence-electron chi connectivity index (χ0n) is 28.4. The number of carbonyl (C=O) groups excluding carboxylic acids is 5. The molecule has 0 aromatic heterocycles. The predicted octanol–water partition coefficient (Wildman–Crippen LogP) is 6.76. The summed E-state index contributed by atoms with van der Waals surface area (Å²) < 4.78 is 6.59. The van der Waals surface area contributed by atoms with E-state index in [-0.39, 0.29) is 63.9 Å². The van der Waals surface area contributed by atoms with Gasteiger partial charge in [0.2, 0.25) is 0 Å². The van der Waals surface area contributed by atoms with Crippen molar-refractivity contribution < 1.29 is 33.8 Å². The first-order chi connectivity index (χ1) is 19.4.